The number of piperidine rings is 1. The first-order valence-corrected chi connectivity index (χ1v) is 10.5. The minimum Gasteiger partial charge on any atom is -0.353 e. The standard InChI is InChI=1S/C24H30FN3O2/c1-19-10-12-21(13-11-19)28(18-24(30)27-14-6-3-7-15-27)17-23(29)26(2)16-20-8-4-5-9-22(20)25/h4-5,8-13H,3,6-7,14-18H2,1-2H3. The van der Waals surface area contributed by atoms with Crippen molar-refractivity contribution < 1.29 is 14.0 Å². The van der Waals surface area contributed by atoms with Crippen molar-refractivity contribution in [3.8, 4) is 0 Å². The largest absolute Gasteiger partial charge is 0.353 e. The van der Waals surface area contributed by atoms with Gasteiger partial charge in [-0.15, -0.1) is 0 Å². The Kier molecular flexibility index (Phi) is 7.44. The molecule has 1 fully saturated rings. The molecule has 0 bridgehead atoms. The number of halogens is 1. The van der Waals surface area contributed by atoms with Gasteiger partial charge in [0.25, 0.3) is 0 Å². The number of nitrogens with zero attached hydrogens (tertiary/aromatic N) is 3. The fourth-order valence-electron chi connectivity index (χ4n) is 3.65. The minimum absolute atomic E-state index is 0.0415. The van der Waals surface area contributed by atoms with Gasteiger partial charge >= 0.3 is 0 Å². The Balaban J connectivity index is 1.70. The van der Waals surface area contributed by atoms with Gasteiger partial charge in [-0.25, -0.2) is 4.39 Å². The van der Waals surface area contributed by atoms with Gasteiger partial charge in [0, 0.05) is 37.9 Å². The number of hydrogen-bond donors (Lipinski definition) is 0. The first kappa shape index (κ1) is 21.8. The van der Waals surface area contributed by atoms with E-state index < -0.39 is 0 Å². The summed E-state index contributed by atoms with van der Waals surface area (Å²) in [5.41, 5.74) is 2.42. The second-order valence-corrected chi connectivity index (χ2v) is 7.97. The number of rotatable bonds is 7. The van der Waals surface area contributed by atoms with Gasteiger partial charge in [-0.1, -0.05) is 35.9 Å². The molecule has 2 aromatic carbocycles. The van der Waals surface area contributed by atoms with Crippen LogP contribution in [-0.2, 0) is 16.1 Å². The van der Waals surface area contributed by atoms with Crippen LogP contribution in [0.1, 0.15) is 30.4 Å². The zero-order chi connectivity index (χ0) is 21.5. The first-order valence-electron chi connectivity index (χ1n) is 10.5. The molecule has 160 valence electrons. The molecule has 0 aromatic heterocycles. The third kappa shape index (κ3) is 5.81. The van der Waals surface area contributed by atoms with Crippen molar-refractivity contribution >= 4 is 17.5 Å². The number of aryl methyl sites for hydroxylation is 1. The van der Waals surface area contributed by atoms with E-state index >= 15 is 0 Å². The summed E-state index contributed by atoms with van der Waals surface area (Å²) in [7, 11) is 1.66. The molecule has 2 aromatic rings. The molecule has 1 aliphatic heterocycles. The molecule has 0 saturated carbocycles. The maximum Gasteiger partial charge on any atom is 0.242 e. The van der Waals surface area contributed by atoms with Crippen LogP contribution in [0.5, 0.6) is 0 Å². The second-order valence-electron chi connectivity index (χ2n) is 7.97. The van der Waals surface area contributed by atoms with Gasteiger partial charge in [0.05, 0.1) is 13.1 Å². The lowest BCUT2D eigenvalue weighted by Crippen LogP contribution is -2.46. The highest BCUT2D eigenvalue weighted by molar-refractivity contribution is 5.86. The molecular weight excluding hydrogens is 381 g/mol. The Morgan fingerprint density at radius 2 is 1.63 bits per heavy atom. The summed E-state index contributed by atoms with van der Waals surface area (Å²) in [4.78, 5) is 31.0. The van der Waals surface area contributed by atoms with Crippen molar-refractivity contribution in [1.29, 1.82) is 0 Å². The predicted molar refractivity (Wildman–Crippen MR) is 117 cm³/mol. The van der Waals surface area contributed by atoms with Crippen LogP contribution < -0.4 is 4.90 Å². The molecule has 6 heteroatoms. The number of carbonyl (C=O) groups is 2. The van der Waals surface area contributed by atoms with Crippen LogP contribution in [-0.4, -0.2) is 54.8 Å². The van der Waals surface area contributed by atoms with E-state index in [4.69, 9.17) is 0 Å². The second kappa shape index (κ2) is 10.2. The number of likely N-dealkylation sites (tertiary alicyclic amines) is 1. The zero-order valence-electron chi connectivity index (χ0n) is 17.8. The van der Waals surface area contributed by atoms with Crippen LogP contribution in [0.25, 0.3) is 0 Å². The van der Waals surface area contributed by atoms with Crippen molar-refractivity contribution in [3.63, 3.8) is 0 Å². The molecule has 0 radical (unpaired) electrons. The van der Waals surface area contributed by atoms with Gasteiger partial charge in [-0.05, 0) is 44.4 Å². The summed E-state index contributed by atoms with van der Waals surface area (Å²) in [6, 6.07) is 14.3. The molecule has 3 rings (SSSR count). The maximum absolute atomic E-state index is 14.0. The fraction of sp³-hybridized carbons (Fsp3) is 0.417. The Labute approximate surface area is 178 Å². The lowest BCUT2D eigenvalue weighted by molar-refractivity contribution is -0.131. The van der Waals surface area contributed by atoms with Crippen LogP contribution >= 0.6 is 0 Å². The first-order chi connectivity index (χ1) is 14.4. The van der Waals surface area contributed by atoms with E-state index in [0.29, 0.717) is 5.56 Å². The molecule has 0 unspecified atom stereocenters. The number of anilines is 1. The molecule has 30 heavy (non-hydrogen) atoms. The summed E-state index contributed by atoms with van der Waals surface area (Å²) in [5.74, 6) is -0.446. The molecule has 0 aliphatic carbocycles. The summed E-state index contributed by atoms with van der Waals surface area (Å²) in [6.45, 7) is 3.97. The van der Waals surface area contributed by atoms with E-state index in [9.17, 15) is 14.0 Å². The highest BCUT2D eigenvalue weighted by Crippen LogP contribution is 2.17. The summed E-state index contributed by atoms with van der Waals surface area (Å²) < 4.78 is 14.0. The van der Waals surface area contributed by atoms with Crippen LogP contribution in [0.2, 0.25) is 0 Å². The van der Waals surface area contributed by atoms with Crippen molar-refractivity contribution in [2.24, 2.45) is 0 Å². The van der Waals surface area contributed by atoms with E-state index in [2.05, 4.69) is 0 Å². The number of likely N-dealkylation sites (N-methyl/N-ethyl adjacent to an activating group) is 1. The monoisotopic (exact) mass is 411 g/mol. The van der Waals surface area contributed by atoms with Crippen molar-refractivity contribution in [2.45, 2.75) is 32.7 Å². The Hall–Kier alpha value is -2.89. The quantitative estimate of drug-likeness (QED) is 0.699. The van der Waals surface area contributed by atoms with E-state index in [1.54, 1.807) is 25.2 Å². The van der Waals surface area contributed by atoms with Crippen molar-refractivity contribution in [3.05, 3.63) is 65.5 Å². The highest BCUT2D eigenvalue weighted by atomic mass is 19.1. The lowest BCUT2D eigenvalue weighted by Gasteiger charge is -2.31. The van der Waals surface area contributed by atoms with Gasteiger partial charge in [0.2, 0.25) is 11.8 Å². The average Bonchev–Trinajstić information content (AvgIpc) is 2.76. The maximum atomic E-state index is 14.0. The molecule has 0 atom stereocenters. The van der Waals surface area contributed by atoms with Crippen LogP contribution in [0, 0.1) is 12.7 Å². The number of benzene rings is 2. The Morgan fingerprint density at radius 1 is 0.967 bits per heavy atom. The number of amides is 2. The highest BCUT2D eigenvalue weighted by Gasteiger charge is 2.22. The molecule has 2 amide bonds. The van der Waals surface area contributed by atoms with E-state index in [0.717, 1.165) is 43.6 Å². The van der Waals surface area contributed by atoms with Crippen LogP contribution in [0.4, 0.5) is 10.1 Å². The summed E-state index contributed by atoms with van der Waals surface area (Å²) in [5, 5.41) is 0. The van der Waals surface area contributed by atoms with Gasteiger partial charge in [-0.2, -0.15) is 0 Å². The topological polar surface area (TPSA) is 43.9 Å². The zero-order valence-corrected chi connectivity index (χ0v) is 17.8. The van der Waals surface area contributed by atoms with E-state index in [1.807, 2.05) is 41.0 Å². The van der Waals surface area contributed by atoms with Crippen molar-refractivity contribution in [1.82, 2.24) is 9.80 Å². The van der Waals surface area contributed by atoms with E-state index in [-0.39, 0.29) is 37.3 Å². The molecule has 0 spiro atoms. The summed E-state index contributed by atoms with van der Waals surface area (Å²) >= 11 is 0. The molecule has 1 aliphatic rings. The minimum atomic E-state index is -0.326. The molecule has 1 saturated heterocycles. The van der Waals surface area contributed by atoms with Gasteiger partial charge < -0.3 is 14.7 Å². The molecule has 5 nitrogen and oxygen atoms in total. The number of carbonyl (C=O) groups excluding carboxylic acids is 2. The van der Waals surface area contributed by atoms with Gasteiger partial charge in [0.1, 0.15) is 5.82 Å². The van der Waals surface area contributed by atoms with Crippen molar-refractivity contribution in [2.75, 3.05) is 38.1 Å². The lowest BCUT2D eigenvalue weighted by atomic mass is 10.1. The normalized spacial score (nSPS) is 13.8. The molecule has 1 heterocycles. The average molecular weight is 412 g/mol. The SMILES string of the molecule is Cc1ccc(N(CC(=O)N(C)Cc2ccccc2F)CC(=O)N2CCCCC2)cc1. The van der Waals surface area contributed by atoms with Gasteiger partial charge in [-0.3, -0.25) is 9.59 Å². The number of hydrogen-bond acceptors (Lipinski definition) is 3. The third-order valence-corrected chi connectivity index (χ3v) is 5.55. The predicted octanol–water partition coefficient (Wildman–Crippen LogP) is 3.61. The van der Waals surface area contributed by atoms with Crippen LogP contribution in [0.15, 0.2) is 48.5 Å². The molecule has 0 N–H and O–H groups in total. The van der Waals surface area contributed by atoms with Crippen LogP contribution in [0.3, 0.4) is 0 Å². The third-order valence-electron chi connectivity index (χ3n) is 5.55. The Morgan fingerprint density at radius 3 is 2.30 bits per heavy atom. The van der Waals surface area contributed by atoms with E-state index in [1.165, 1.54) is 11.0 Å². The smallest absolute Gasteiger partial charge is 0.242 e. The summed E-state index contributed by atoms with van der Waals surface area (Å²) in [6.07, 6.45) is 3.21. The Bertz CT molecular complexity index is 863. The fourth-order valence-corrected chi connectivity index (χ4v) is 3.65. The van der Waals surface area contributed by atoms with Gasteiger partial charge in [0.15, 0.2) is 0 Å². The molecular formula is C24H30FN3O2.